The maximum Gasteiger partial charge on any atom is 0.231 e. The molecule has 162 valence electrons. The standard InChI is InChI=1S/C24H28N4O3/c1-16(2)13-23(29)27-21(17-5-9-19(30-3)10-6-17)14-22(28-24(27)25-15-26-28)18-7-11-20(31-4)12-8-18/h5-12,15-16,21-22H,13-14H2,1-4H3. The van der Waals surface area contributed by atoms with E-state index in [-0.39, 0.29) is 23.9 Å². The molecule has 0 saturated carbocycles. The zero-order valence-corrected chi connectivity index (χ0v) is 18.4. The molecule has 2 unspecified atom stereocenters. The van der Waals surface area contributed by atoms with Gasteiger partial charge >= 0.3 is 0 Å². The summed E-state index contributed by atoms with van der Waals surface area (Å²) in [5.41, 5.74) is 2.15. The number of hydrogen-bond donors (Lipinski definition) is 0. The maximum absolute atomic E-state index is 13.3. The summed E-state index contributed by atoms with van der Waals surface area (Å²) in [7, 11) is 3.30. The molecule has 7 heteroatoms. The predicted octanol–water partition coefficient (Wildman–Crippen LogP) is 4.41. The maximum atomic E-state index is 13.3. The predicted molar refractivity (Wildman–Crippen MR) is 118 cm³/mol. The van der Waals surface area contributed by atoms with Crippen LogP contribution in [0.4, 0.5) is 5.95 Å². The summed E-state index contributed by atoms with van der Waals surface area (Å²) in [5, 5.41) is 4.48. The number of hydrogen-bond acceptors (Lipinski definition) is 5. The van der Waals surface area contributed by atoms with Gasteiger partial charge in [-0.25, -0.2) is 4.68 Å². The van der Waals surface area contributed by atoms with Gasteiger partial charge in [-0.2, -0.15) is 10.1 Å². The van der Waals surface area contributed by atoms with Crippen molar-refractivity contribution in [3.05, 3.63) is 66.0 Å². The molecule has 7 nitrogen and oxygen atoms in total. The number of amides is 1. The molecule has 0 bridgehead atoms. The summed E-state index contributed by atoms with van der Waals surface area (Å²) in [6.07, 6.45) is 2.67. The third-order valence-corrected chi connectivity index (χ3v) is 5.68. The molecule has 1 aliphatic rings. The Kier molecular flexibility index (Phi) is 5.93. The Bertz CT molecular complexity index is 1030. The van der Waals surface area contributed by atoms with Crippen molar-refractivity contribution in [3.8, 4) is 11.5 Å². The number of fused-ring (bicyclic) bond motifs is 1. The van der Waals surface area contributed by atoms with Crippen molar-refractivity contribution in [2.24, 2.45) is 5.92 Å². The fraction of sp³-hybridized carbons (Fsp3) is 0.375. The number of benzene rings is 2. The molecule has 1 amide bonds. The largest absolute Gasteiger partial charge is 0.497 e. The highest BCUT2D eigenvalue weighted by Crippen LogP contribution is 2.42. The van der Waals surface area contributed by atoms with E-state index in [1.165, 1.54) is 6.33 Å². The number of ether oxygens (including phenoxy) is 2. The van der Waals surface area contributed by atoms with E-state index in [1.807, 2.05) is 58.1 Å². The lowest BCUT2D eigenvalue weighted by Crippen LogP contribution is -2.43. The van der Waals surface area contributed by atoms with Crippen molar-refractivity contribution in [1.82, 2.24) is 14.8 Å². The van der Waals surface area contributed by atoms with E-state index < -0.39 is 0 Å². The number of rotatable bonds is 6. The first kappa shape index (κ1) is 20.9. The fourth-order valence-electron chi connectivity index (χ4n) is 4.14. The zero-order chi connectivity index (χ0) is 22.0. The van der Waals surface area contributed by atoms with Gasteiger partial charge in [0.05, 0.1) is 26.3 Å². The second-order valence-electron chi connectivity index (χ2n) is 8.18. The number of anilines is 1. The van der Waals surface area contributed by atoms with Crippen molar-refractivity contribution in [1.29, 1.82) is 0 Å². The van der Waals surface area contributed by atoms with E-state index >= 15 is 0 Å². The molecule has 1 aromatic heterocycles. The third kappa shape index (κ3) is 4.13. The van der Waals surface area contributed by atoms with Gasteiger partial charge in [0.2, 0.25) is 11.9 Å². The van der Waals surface area contributed by atoms with E-state index in [1.54, 1.807) is 14.2 Å². The van der Waals surface area contributed by atoms with Gasteiger partial charge in [-0.05, 0) is 47.7 Å². The molecular formula is C24H28N4O3. The second kappa shape index (κ2) is 8.79. The van der Waals surface area contributed by atoms with E-state index in [0.717, 1.165) is 22.6 Å². The molecule has 2 aromatic carbocycles. The normalized spacial score (nSPS) is 18.0. The molecule has 1 aliphatic heterocycles. The van der Waals surface area contributed by atoms with Gasteiger partial charge < -0.3 is 9.47 Å². The van der Waals surface area contributed by atoms with Crippen LogP contribution in [0.1, 0.15) is 49.9 Å². The fourth-order valence-corrected chi connectivity index (χ4v) is 4.14. The highest BCUT2D eigenvalue weighted by Gasteiger charge is 2.39. The van der Waals surface area contributed by atoms with Gasteiger partial charge in [-0.15, -0.1) is 0 Å². The van der Waals surface area contributed by atoms with Gasteiger partial charge in [0.25, 0.3) is 0 Å². The summed E-state index contributed by atoms with van der Waals surface area (Å²) in [6, 6.07) is 15.7. The van der Waals surface area contributed by atoms with Crippen LogP contribution in [0.15, 0.2) is 54.9 Å². The van der Waals surface area contributed by atoms with Crippen molar-refractivity contribution in [3.63, 3.8) is 0 Å². The lowest BCUT2D eigenvalue weighted by molar-refractivity contribution is -0.120. The van der Waals surface area contributed by atoms with Crippen LogP contribution in [0.3, 0.4) is 0 Å². The Hall–Kier alpha value is -3.35. The van der Waals surface area contributed by atoms with E-state index in [4.69, 9.17) is 9.47 Å². The molecule has 0 radical (unpaired) electrons. The van der Waals surface area contributed by atoms with Gasteiger partial charge in [0.15, 0.2) is 0 Å². The third-order valence-electron chi connectivity index (χ3n) is 5.68. The first-order valence-corrected chi connectivity index (χ1v) is 10.5. The molecule has 0 spiro atoms. The SMILES string of the molecule is COc1ccc(C2CC(c3ccc(OC)cc3)n3ncnc3N2C(=O)CC(C)C)cc1. The van der Waals surface area contributed by atoms with Crippen molar-refractivity contribution < 1.29 is 14.3 Å². The van der Waals surface area contributed by atoms with Gasteiger partial charge in [0.1, 0.15) is 17.8 Å². The molecule has 31 heavy (non-hydrogen) atoms. The van der Waals surface area contributed by atoms with Crippen LogP contribution in [0.2, 0.25) is 0 Å². The molecule has 2 atom stereocenters. The number of aromatic nitrogens is 3. The van der Waals surface area contributed by atoms with Gasteiger partial charge in [0, 0.05) is 6.42 Å². The molecule has 2 heterocycles. The highest BCUT2D eigenvalue weighted by atomic mass is 16.5. The van der Waals surface area contributed by atoms with Gasteiger partial charge in [-0.1, -0.05) is 38.1 Å². The smallest absolute Gasteiger partial charge is 0.231 e. The molecule has 0 N–H and O–H groups in total. The van der Waals surface area contributed by atoms with Gasteiger partial charge in [-0.3, -0.25) is 9.69 Å². The summed E-state index contributed by atoms with van der Waals surface area (Å²) < 4.78 is 12.5. The first-order valence-electron chi connectivity index (χ1n) is 10.5. The van der Waals surface area contributed by atoms with Crippen LogP contribution in [0, 0.1) is 5.92 Å². The molecule has 4 rings (SSSR count). The lowest BCUT2D eigenvalue weighted by Gasteiger charge is -2.39. The van der Waals surface area contributed by atoms with Crippen molar-refractivity contribution in [2.75, 3.05) is 19.1 Å². The van der Waals surface area contributed by atoms with Crippen LogP contribution in [0.25, 0.3) is 0 Å². The molecular weight excluding hydrogens is 392 g/mol. The summed E-state index contributed by atoms with van der Waals surface area (Å²) in [4.78, 5) is 19.6. The number of methoxy groups -OCH3 is 2. The summed E-state index contributed by atoms with van der Waals surface area (Å²) in [6.45, 7) is 4.10. The van der Waals surface area contributed by atoms with Crippen LogP contribution in [0.5, 0.6) is 11.5 Å². The Morgan fingerprint density at radius 1 is 0.968 bits per heavy atom. The average Bonchev–Trinajstić information content (AvgIpc) is 3.27. The van der Waals surface area contributed by atoms with E-state index in [2.05, 4.69) is 23.9 Å². The molecule has 0 aliphatic carbocycles. The topological polar surface area (TPSA) is 69.5 Å². The van der Waals surface area contributed by atoms with Crippen LogP contribution in [-0.2, 0) is 4.79 Å². The highest BCUT2D eigenvalue weighted by molar-refractivity contribution is 5.93. The Balaban J connectivity index is 1.78. The minimum atomic E-state index is -0.152. The quantitative estimate of drug-likeness (QED) is 0.591. The van der Waals surface area contributed by atoms with Crippen LogP contribution in [-0.4, -0.2) is 34.9 Å². The Morgan fingerprint density at radius 3 is 2.03 bits per heavy atom. The minimum Gasteiger partial charge on any atom is -0.497 e. The number of carbonyl (C=O) groups excluding carboxylic acids is 1. The average molecular weight is 421 g/mol. The van der Waals surface area contributed by atoms with Crippen LogP contribution >= 0.6 is 0 Å². The van der Waals surface area contributed by atoms with E-state index in [0.29, 0.717) is 18.8 Å². The molecule has 0 saturated heterocycles. The lowest BCUT2D eigenvalue weighted by atomic mass is 9.91. The minimum absolute atomic E-state index is 0.0430. The van der Waals surface area contributed by atoms with Crippen molar-refractivity contribution in [2.45, 2.75) is 38.8 Å². The Morgan fingerprint density at radius 2 is 1.52 bits per heavy atom. The van der Waals surface area contributed by atoms with Crippen LogP contribution < -0.4 is 14.4 Å². The zero-order valence-electron chi connectivity index (χ0n) is 18.4. The first-order chi connectivity index (χ1) is 15.0. The van der Waals surface area contributed by atoms with Crippen molar-refractivity contribution >= 4 is 11.9 Å². The van der Waals surface area contributed by atoms with E-state index in [9.17, 15) is 4.79 Å². The molecule has 0 fully saturated rings. The summed E-state index contributed by atoms with van der Waals surface area (Å²) >= 11 is 0. The summed E-state index contributed by atoms with van der Waals surface area (Å²) in [5.74, 6) is 2.48. The second-order valence-corrected chi connectivity index (χ2v) is 8.18. The number of nitrogens with zero attached hydrogens (tertiary/aromatic N) is 4. The number of carbonyl (C=O) groups is 1. The monoisotopic (exact) mass is 420 g/mol. The Labute approximate surface area is 182 Å². The molecule has 3 aromatic rings.